The Hall–Kier alpha value is -3.98. The van der Waals surface area contributed by atoms with Gasteiger partial charge in [0.05, 0.1) is 21.5 Å². The van der Waals surface area contributed by atoms with Crippen LogP contribution >= 0.6 is 22.9 Å². The van der Waals surface area contributed by atoms with Crippen molar-refractivity contribution in [2.24, 2.45) is 0 Å². The Bertz CT molecular complexity index is 1520. The fraction of sp³-hybridized carbons (Fsp3) is 0. The molecule has 0 saturated carbocycles. The van der Waals surface area contributed by atoms with Gasteiger partial charge in [-0.15, -0.1) is 11.3 Å². The van der Waals surface area contributed by atoms with Gasteiger partial charge in [0.1, 0.15) is 28.5 Å². The van der Waals surface area contributed by atoms with Gasteiger partial charge in [0.15, 0.2) is 17.0 Å². The minimum atomic E-state index is -0.0679. The Kier molecular flexibility index (Phi) is 4.11. The van der Waals surface area contributed by atoms with Crippen LogP contribution in [0.4, 0.5) is 5.82 Å². The number of para-hydroxylation sites is 1. The van der Waals surface area contributed by atoms with E-state index in [2.05, 4.69) is 9.97 Å². The highest BCUT2D eigenvalue weighted by molar-refractivity contribution is 7.21. The quantitative estimate of drug-likeness (QED) is 0.437. The van der Waals surface area contributed by atoms with Crippen molar-refractivity contribution in [3.05, 3.63) is 64.9 Å². The first kappa shape index (κ1) is 18.1. The van der Waals surface area contributed by atoms with Crippen molar-refractivity contribution in [1.29, 1.82) is 10.5 Å². The number of nitrogen functional groups attached to an aromatic ring is 1. The average Bonchev–Trinajstić information content (AvgIpc) is 3.29. The van der Waals surface area contributed by atoms with Gasteiger partial charge < -0.3 is 5.73 Å². The predicted octanol–water partition coefficient (Wildman–Crippen LogP) is 4.68. The number of thiazole rings is 1. The normalized spacial score (nSPS) is 10.9. The molecule has 0 aliphatic heterocycles. The zero-order chi connectivity index (χ0) is 20.8. The van der Waals surface area contributed by atoms with Crippen LogP contribution in [0.25, 0.3) is 37.6 Å². The monoisotopic (exact) mass is 427 g/mol. The van der Waals surface area contributed by atoms with Gasteiger partial charge in [-0.05, 0) is 30.3 Å². The number of halogens is 1. The molecule has 0 saturated heterocycles. The standard InChI is InChI=1S/C21H10ClN7S/c22-11-4-3-5-12(8-11)29-19(25)17(21-28-13-6-1-2-7-16(13)30-21)18-20(29)27-15(10-24)14(9-23)26-18/h1-8H,25H2. The zero-order valence-electron chi connectivity index (χ0n) is 15.2. The molecule has 2 aromatic carbocycles. The molecule has 5 rings (SSSR count). The van der Waals surface area contributed by atoms with Crippen LogP contribution in [0.1, 0.15) is 11.4 Å². The zero-order valence-corrected chi connectivity index (χ0v) is 16.7. The Morgan fingerprint density at radius 3 is 2.47 bits per heavy atom. The number of benzene rings is 2. The molecule has 3 aromatic heterocycles. The molecule has 142 valence electrons. The first-order chi connectivity index (χ1) is 14.6. The summed E-state index contributed by atoms with van der Waals surface area (Å²) in [4.78, 5) is 13.5. The molecular formula is C21H10ClN7S. The number of nitrogens with zero attached hydrogens (tertiary/aromatic N) is 6. The summed E-state index contributed by atoms with van der Waals surface area (Å²) in [6.07, 6.45) is 0. The lowest BCUT2D eigenvalue weighted by Gasteiger charge is -2.08. The van der Waals surface area contributed by atoms with Crippen LogP contribution in [-0.4, -0.2) is 19.5 Å². The van der Waals surface area contributed by atoms with E-state index in [9.17, 15) is 10.5 Å². The second-order valence-electron chi connectivity index (χ2n) is 6.38. The summed E-state index contributed by atoms with van der Waals surface area (Å²) in [5.41, 5.74) is 9.29. The summed E-state index contributed by atoms with van der Waals surface area (Å²) in [6.45, 7) is 0. The second kappa shape index (κ2) is 6.82. The number of hydrogen-bond donors (Lipinski definition) is 1. The van der Waals surface area contributed by atoms with Crippen LogP contribution in [0, 0.1) is 22.7 Å². The molecular weight excluding hydrogens is 418 g/mol. The van der Waals surface area contributed by atoms with E-state index in [1.54, 1.807) is 22.8 Å². The molecule has 9 heteroatoms. The van der Waals surface area contributed by atoms with Crippen molar-refractivity contribution in [2.75, 3.05) is 5.73 Å². The number of aromatic nitrogens is 4. The van der Waals surface area contributed by atoms with Gasteiger partial charge >= 0.3 is 0 Å². The van der Waals surface area contributed by atoms with E-state index in [-0.39, 0.29) is 11.4 Å². The number of anilines is 1. The SMILES string of the molecule is N#Cc1nc2c(-c3nc4ccccc4s3)c(N)n(-c3cccc(Cl)c3)c2nc1C#N. The molecule has 0 fully saturated rings. The van der Waals surface area contributed by atoms with Gasteiger partial charge in [-0.2, -0.15) is 10.5 Å². The topological polar surface area (TPSA) is 117 Å². The largest absolute Gasteiger partial charge is 0.384 e. The number of nitriles is 2. The van der Waals surface area contributed by atoms with Crippen molar-refractivity contribution in [2.45, 2.75) is 0 Å². The van der Waals surface area contributed by atoms with Crippen molar-refractivity contribution in [1.82, 2.24) is 19.5 Å². The molecule has 0 radical (unpaired) electrons. The third kappa shape index (κ3) is 2.67. The van der Waals surface area contributed by atoms with Crippen LogP contribution in [0.5, 0.6) is 0 Å². The molecule has 5 aromatic rings. The molecule has 3 heterocycles. The summed E-state index contributed by atoms with van der Waals surface area (Å²) < 4.78 is 2.68. The van der Waals surface area contributed by atoms with Gasteiger partial charge in [-0.3, -0.25) is 4.57 Å². The van der Waals surface area contributed by atoms with Gasteiger partial charge in [0.25, 0.3) is 0 Å². The van der Waals surface area contributed by atoms with Crippen molar-refractivity contribution in [3.63, 3.8) is 0 Å². The van der Waals surface area contributed by atoms with E-state index in [0.717, 1.165) is 10.2 Å². The van der Waals surface area contributed by atoms with Crippen LogP contribution in [0.15, 0.2) is 48.5 Å². The summed E-state index contributed by atoms with van der Waals surface area (Å²) in [5.74, 6) is 0.352. The van der Waals surface area contributed by atoms with Crippen molar-refractivity contribution < 1.29 is 0 Å². The van der Waals surface area contributed by atoms with Gasteiger partial charge in [-0.1, -0.05) is 29.8 Å². The second-order valence-corrected chi connectivity index (χ2v) is 7.85. The number of fused-ring (bicyclic) bond motifs is 2. The first-order valence-corrected chi connectivity index (χ1v) is 9.94. The summed E-state index contributed by atoms with van der Waals surface area (Å²) >= 11 is 7.65. The molecule has 0 aliphatic carbocycles. The van der Waals surface area contributed by atoms with E-state index in [0.29, 0.717) is 38.3 Å². The molecule has 7 nitrogen and oxygen atoms in total. The molecule has 0 aliphatic rings. The summed E-state index contributed by atoms with van der Waals surface area (Å²) in [6, 6.07) is 18.7. The average molecular weight is 428 g/mol. The maximum atomic E-state index is 9.44. The Balaban J connectivity index is 1.92. The lowest BCUT2D eigenvalue weighted by molar-refractivity contribution is 1.08. The van der Waals surface area contributed by atoms with Gasteiger partial charge in [0.2, 0.25) is 0 Å². The number of hydrogen-bond acceptors (Lipinski definition) is 7. The third-order valence-electron chi connectivity index (χ3n) is 4.61. The van der Waals surface area contributed by atoms with E-state index in [1.807, 2.05) is 42.5 Å². The van der Waals surface area contributed by atoms with E-state index < -0.39 is 0 Å². The van der Waals surface area contributed by atoms with Crippen molar-refractivity contribution >= 4 is 50.1 Å². The maximum Gasteiger partial charge on any atom is 0.179 e. The minimum Gasteiger partial charge on any atom is -0.384 e. The minimum absolute atomic E-state index is 0.0596. The summed E-state index contributed by atoms with van der Waals surface area (Å²) in [5, 5.41) is 20.1. The van der Waals surface area contributed by atoms with Gasteiger partial charge in [0, 0.05) is 5.02 Å². The highest BCUT2D eigenvalue weighted by Gasteiger charge is 2.25. The van der Waals surface area contributed by atoms with Crippen LogP contribution in [-0.2, 0) is 0 Å². The highest BCUT2D eigenvalue weighted by Crippen LogP contribution is 2.41. The first-order valence-electron chi connectivity index (χ1n) is 8.74. The molecule has 0 unspecified atom stereocenters. The fourth-order valence-corrected chi connectivity index (χ4v) is 4.52. The number of rotatable bonds is 2. The Labute approximate surface area is 179 Å². The van der Waals surface area contributed by atoms with Crippen LogP contribution in [0.3, 0.4) is 0 Å². The number of nitrogens with two attached hydrogens (primary N) is 1. The summed E-state index contributed by atoms with van der Waals surface area (Å²) in [7, 11) is 0. The molecule has 0 atom stereocenters. The molecule has 0 amide bonds. The Morgan fingerprint density at radius 1 is 0.967 bits per heavy atom. The maximum absolute atomic E-state index is 9.44. The lowest BCUT2D eigenvalue weighted by Crippen LogP contribution is -2.02. The molecule has 0 bridgehead atoms. The van der Waals surface area contributed by atoms with Crippen LogP contribution < -0.4 is 5.73 Å². The smallest absolute Gasteiger partial charge is 0.179 e. The predicted molar refractivity (Wildman–Crippen MR) is 116 cm³/mol. The molecule has 2 N–H and O–H groups in total. The molecule has 30 heavy (non-hydrogen) atoms. The fourth-order valence-electron chi connectivity index (χ4n) is 3.32. The highest BCUT2D eigenvalue weighted by atomic mass is 35.5. The van der Waals surface area contributed by atoms with E-state index >= 15 is 0 Å². The van der Waals surface area contributed by atoms with E-state index in [1.165, 1.54) is 11.3 Å². The van der Waals surface area contributed by atoms with Crippen molar-refractivity contribution in [3.8, 4) is 28.4 Å². The van der Waals surface area contributed by atoms with Gasteiger partial charge in [-0.25, -0.2) is 15.0 Å². The Morgan fingerprint density at radius 2 is 1.73 bits per heavy atom. The van der Waals surface area contributed by atoms with E-state index in [4.69, 9.17) is 22.3 Å². The lowest BCUT2D eigenvalue weighted by atomic mass is 10.2. The third-order valence-corrected chi connectivity index (χ3v) is 5.90. The molecule has 0 spiro atoms. The van der Waals surface area contributed by atoms with Crippen LogP contribution in [0.2, 0.25) is 5.02 Å².